The summed E-state index contributed by atoms with van der Waals surface area (Å²) in [6, 6.07) is 4.95. The van der Waals surface area contributed by atoms with Crippen molar-refractivity contribution < 1.29 is 14.0 Å². The zero-order valence-corrected chi connectivity index (χ0v) is 14.7. The number of carbonyl (C=O) groups excluding carboxylic acids is 2. The normalized spacial score (nSPS) is 11.9. The second kappa shape index (κ2) is 10.6. The zero-order chi connectivity index (χ0) is 17.9. The Kier molecular flexibility index (Phi) is 8.83. The zero-order valence-electron chi connectivity index (χ0n) is 14.7. The molecule has 0 heterocycles. The fraction of sp³-hybridized carbons (Fsp3) is 0.556. The van der Waals surface area contributed by atoms with E-state index in [0.717, 1.165) is 18.4 Å². The molecule has 1 atom stereocenters. The predicted octanol–water partition coefficient (Wildman–Crippen LogP) is 2.96. The van der Waals surface area contributed by atoms with Gasteiger partial charge in [0.1, 0.15) is 11.9 Å². The molecule has 1 aromatic carbocycles. The Morgan fingerprint density at radius 3 is 2.33 bits per heavy atom. The van der Waals surface area contributed by atoms with Crippen LogP contribution in [0.1, 0.15) is 45.6 Å². The molecule has 1 aromatic rings. The molecule has 24 heavy (non-hydrogen) atoms. The van der Waals surface area contributed by atoms with Crippen LogP contribution in [0.15, 0.2) is 24.3 Å². The quantitative estimate of drug-likeness (QED) is 0.648. The predicted molar refractivity (Wildman–Crippen MR) is 92.9 cm³/mol. The van der Waals surface area contributed by atoms with E-state index < -0.39 is 12.1 Å². The van der Waals surface area contributed by atoms with Gasteiger partial charge in [-0.2, -0.15) is 0 Å². The van der Waals surface area contributed by atoms with Crippen molar-refractivity contribution in [2.75, 3.05) is 6.54 Å². The number of carbonyl (C=O) groups is 2. The average molecular weight is 337 g/mol. The minimum Gasteiger partial charge on any atom is -0.354 e. The summed E-state index contributed by atoms with van der Waals surface area (Å²) < 4.78 is 12.8. The van der Waals surface area contributed by atoms with Crippen LogP contribution in [0.3, 0.4) is 0 Å². The van der Waals surface area contributed by atoms with Crippen LogP contribution in [0.5, 0.6) is 0 Å². The first-order valence-corrected chi connectivity index (χ1v) is 8.48. The Morgan fingerprint density at radius 1 is 1.08 bits per heavy atom. The maximum absolute atomic E-state index is 12.8. The minimum atomic E-state index is -0.546. The third-order valence-corrected chi connectivity index (χ3v) is 3.59. The van der Waals surface area contributed by atoms with E-state index in [2.05, 4.69) is 29.8 Å². The maximum atomic E-state index is 12.8. The number of urea groups is 1. The summed E-state index contributed by atoms with van der Waals surface area (Å²) in [6.07, 6.45) is 2.28. The molecule has 5 nitrogen and oxygen atoms in total. The van der Waals surface area contributed by atoms with E-state index in [9.17, 15) is 14.0 Å². The summed E-state index contributed by atoms with van der Waals surface area (Å²) in [4.78, 5) is 24.1. The molecule has 1 rings (SSSR count). The first kappa shape index (κ1) is 19.9. The Balaban J connectivity index is 2.43. The Morgan fingerprint density at radius 2 is 1.75 bits per heavy atom. The number of hydrogen-bond acceptors (Lipinski definition) is 2. The second-order valence-corrected chi connectivity index (χ2v) is 6.27. The highest BCUT2D eigenvalue weighted by molar-refractivity contribution is 5.86. The Labute approximate surface area is 143 Å². The van der Waals surface area contributed by atoms with Crippen LogP contribution in [0.2, 0.25) is 0 Å². The lowest BCUT2D eigenvalue weighted by Crippen LogP contribution is -2.50. The van der Waals surface area contributed by atoms with Crippen LogP contribution in [-0.2, 0) is 11.3 Å². The molecule has 134 valence electrons. The van der Waals surface area contributed by atoms with Crippen LogP contribution >= 0.6 is 0 Å². The topological polar surface area (TPSA) is 70.2 Å². The van der Waals surface area contributed by atoms with Crippen LogP contribution in [0, 0.1) is 11.7 Å². The SMILES string of the molecule is CCCC(NC(=O)NCc1ccc(F)cc1)C(=O)NCCC(C)C. The minimum absolute atomic E-state index is 0.158. The van der Waals surface area contributed by atoms with E-state index in [1.54, 1.807) is 12.1 Å². The summed E-state index contributed by atoms with van der Waals surface area (Å²) in [5.41, 5.74) is 0.792. The molecule has 0 aliphatic heterocycles. The van der Waals surface area contributed by atoms with Gasteiger partial charge in [-0.1, -0.05) is 39.3 Å². The maximum Gasteiger partial charge on any atom is 0.315 e. The van der Waals surface area contributed by atoms with Gasteiger partial charge in [-0.15, -0.1) is 0 Å². The molecule has 0 fully saturated rings. The van der Waals surface area contributed by atoms with Gasteiger partial charge in [-0.25, -0.2) is 9.18 Å². The second-order valence-electron chi connectivity index (χ2n) is 6.27. The van der Waals surface area contributed by atoms with Crippen LogP contribution < -0.4 is 16.0 Å². The number of rotatable bonds is 9. The number of hydrogen-bond donors (Lipinski definition) is 3. The van der Waals surface area contributed by atoms with Gasteiger partial charge in [-0.05, 0) is 36.5 Å². The summed E-state index contributed by atoms with van der Waals surface area (Å²) in [6.45, 7) is 7.04. The van der Waals surface area contributed by atoms with Gasteiger partial charge in [0.25, 0.3) is 0 Å². The van der Waals surface area contributed by atoms with Crippen molar-refractivity contribution in [2.45, 2.75) is 52.6 Å². The first-order chi connectivity index (χ1) is 11.4. The van der Waals surface area contributed by atoms with Gasteiger partial charge in [0.2, 0.25) is 5.91 Å². The van der Waals surface area contributed by atoms with Crippen molar-refractivity contribution >= 4 is 11.9 Å². The molecule has 0 radical (unpaired) electrons. The van der Waals surface area contributed by atoms with E-state index >= 15 is 0 Å². The average Bonchev–Trinajstić information content (AvgIpc) is 2.53. The molecule has 0 aliphatic carbocycles. The van der Waals surface area contributed by atoms with Gasteiger partial charge < -0.3 is 16.0 Å². The van der Waals surface area contributed by atoms with E-state index in [-0.39, 0.29) is 18.3 Å². The lowest BCUT2D eigenvalue weighted by molar-refractivity contribution is -0.123. The van der Waals surface area contributed by atoms with Gasteiger partial charge >= 0.3 is 6.03 Å². The number of amides is 3. The van der Waals surface area contributed by atoms with Crippen LogP contribution in [-0.4, -0.2) is 24.5 Å². The fourth-order valence-electron chi connectivity index (χ4n) is 2.16. The molecule has 3 N–H and O–H groups in total. The smallest absolute Gasteiger partial charge is 0.315 e. The first-order valence-electron chi connectivity index (χ1n) is 8.48. The van der Waals surface area contributed by atoms with Gasteiger partial charge in [-0.3, -0.25) is 4.79 Å². The highest BCUT2D eigenvalue weighted by atomic mass is 19.1. The van der Waals surface area contributed by atoms with Gasteiger partial charge in [0.05, 0.1) is 0 Å². The summed E-state index contributed by atoms with van der Waals surface area (Å²) in [7, 11) is 0. The molecule has 6 heteroatoms. The van der Waals surface area contributed by atoms with E-state index in [4.69, 9.17) is 0 Å². The van der Waals surface area contributed by atoms with Crippen LogP contribution in [0.25, 0.3) is 0 Å². The molecule has 0 aliphatic rings. The highest BCUT2D eigenvalue weighted by Crippen LogP contribution is 2.03. The number of halogens is 1. The van der Waals surface area contributed by atoms with Crippen molar-refractivity contribution in [1.82, 2.24) is 16.0 Å². The largest absolute Gasteiger partial charge is 0.354 e. The monoisotopic (exact) mass is 337 g/mol. The highest BCUT2D eigenvalue weighted by Gasteiger charge is 2.19. The molecule has 1 unspecified atom stereocenters. The Hall–Kier alpha value is -2.11. The summed E-state index contributed by atoms with van der Waals surface area (Å²) >= 11 is 0. The van der Waals surface area contributed by atoms with E-state index in [1.807, 2.05) is 6.92 Å². The molecule has 3 amide bonds. The molecule has 0 saturated carbocycles. The van der Waals surface area contributed by atoms with Gasteiger partial charge in [0.15, 0.2) is 0 Å². The lowest BCUT2D eigenvalue weighted by atomic mass is 10.1. The van der Waals surface area contributed by atoms with Crippen molar-refractivity contribution in [2.24, 2.45) is 5.92 Å². The van der Waals surface area contributed by atoms with Crippen molar-refractivity contribution in [3.63, 3.8) is 0 Å². The summed E-state index contributed by atoms with van der Waals surface area (Å²) in [5.74, 6) is 0.0422. The summed E-state index contributed by atoms with van der Waals surface area (Å²) in [5, 5.41) is 8.25. The fourth-order valence-corrected chi connectivity index (χ4v) is 2.16. The van der Waals surface area contributed by atoms with Crippen molar-refractivity contribution in [3.05, 3.63) is 35.6 Å². The van der Waals surface area contributed by atoms with E-state index in [1.165, 1.54) is 12.1 Å². The van der Waals surface area contributed by atoms with Crippen LogP contribution in [0.4, 0.5) is 9.18 Å². The standard InChI is InChI=1S/C18H28FN3O2/c1-4-5-16(17(23)20-11-10-13(2)3)22-18(24)21-12-14-6-8-15(19)9-7-14/h6-9,13,16H,4-5,10-12H2,1-3H3,(H,20,23)(H2,21,22,24). The molecular weight excluding hydrogens is 309 g/mol. The third-order valence-electron chi connectivity index (χ3n) is 3.59. The lowest BCUT2D eigenvalue weighted by Gasteiger charge is -2.18. The van der Waals surface area contributed by atoms with E-state index in [0.29, 0.717) is 18.9 Å². The molecule has 0 spiro atoms. The number of benzene rings is 1. The molecular formula is C18H28FN3O2. The van der Waals surface area contributed by atoms with Crippen molar-refractivity contribution in [3.8, 4) is 0 Å². The third kappa shape index (κ3) is 7.94. The molecule has 0 bridgehead atoms. The molecule has 0 aromatic heterocycles. The number of nitrogens with one attached hydrogen (secondary N) is 3. The molecule has 0 saturated heterocycles. The van der Waals surface area contributed by atoms with Gasteiger partial charge in [0, 0.05) is 13.1 Å². The Bertz CT molecular complexity index is 518. The van der Waals surface area contributed by atoms with Crippen molar-refractivity contribution in [1.29, 1.82) is 0 Å².